The molecule has 5 atom stereocenters. The molecule has 0 unspecified atom stereocenters. The van der Waals surface area contributed by atoms with Gasteiger partial charge >= 0.3 is 12.1 Å². The number of carbonyl (C=O) groups is 5. The zero-order valence-electron chi connectivity index (χ0n) is 26.7. The van der Waals surface area contributed by atoms with Crippen LogP contribution in [0.15, 0.2) is 42.5 Å². The van der Waals surface area contributed by atoms with Gasteiger partial charge < -0.3 is 29.7 Å². The van der Waals surface area contributed by atoms with Gasteiger partial charge in [-0.3, -0.25) is 19.1 Å². The average Bonchev–Trinajstić information content (AvgIpc) is 3.92. The number of sulfonamides is 1. The van der Waals surface area contributed by atoms with E-state index in [0.717, 1.165) is 0 Å². The molecule has 3 N–H and O–H groups in total. The number of ether oxygens (including phenoxy) is 3. The summed E-state index contributed by atoms with van der Waals surface area (Å²) < 4.78 is 44.3. The van der Waals surface area contributed by atoms with Crippen molar-refractivity contribution in [1.82, 2.24) is 20.3 Å². The minimum atomic E-state index is -3.90. The largest absolute Gasteiger partial charge is 0.457 e. The van der Waals surface area contributed by atoms with E-state index in [-0.39, 0.29) is 38.2 Å². The summed E-state index contributed by atoms with van der Waals surface area (Å²) in [5.41, 5.74) is -2.12. The Kier molecular flexibility index (Phi) is 9.96. The Hall–Kier alpha value is -3.98. The van der Waals surface area contributed by atoms with Crippen LogP contribution in [0.1, 0.15) is 69.7 Å². The van der Waals surface area contributed by atoms with Crippen molar-refractivity contribution in [1.29, 1.82) is 0 Å². The minimum absolute atomic E-state index is 0.102. The number of rotatable bonds is 6. The number of carbonyl (C=O) groups excluding carboxylic acids is 5. The molecule has 5 rings (SSSR count). The molecule has 1 aromatic rings. The number of amides is 4. The maximum absolute atomic E-state index is 14.1. The van der Waals surface area contributed by atoms with E-state index in [1.807, 2.05) is 6.08 Å². The van der Waals surface area contributed by atoms with E-state index in [9.17, 15) is 32.4 Å². The van der Waals surface area contributed by atoms with E-state index < -0.39 is 80.3 Å². The van der Waals surface area contributed by atoms with Crippen LogP contribution in [-0.4, -0.2) is 97.4 Å². The van der Waals surface area contributed by atoms with Gasteiger partial charge in [0.15, 0.2) is 0 Å². The second-order valence-corrected chi connectivity index (χ2v) is 15.4. The molecule has 4 aliphatic rings. The molecule has 2 saturated carbocycles. The van der Waals surface area contributed by atoms with Crippen molar-refractivity contribution >= 4 is 39.8 Å². The molecule has 0 spiro atoms. The lowest BCUT2D eigenvalue weighted by Gasteiger charge is -2.30. The Morgan fingerprint density at radius 3 is 2.51 bits per heavy atom. The fraction of sp³-hybridized carbons (Fsp3) is 0.594. The van der Waals surface area contributed by atoms with Crippen LogP contribution >= 0.6 is 0 Å². The predicted octanol–water partition coefficient (Wildman–Crippen LogP) is 1.56. The van der Waals surface area contributed by atoms with Crippen molar-refractivity contribution in [2.45, 2.75) is 93.9 Å². The SMILES string of the molecule is CC(C)(C)OC(=O)N[C@H]1COCCC/C=C\[C@@H]2C[C@@]2(C(=O)NS(=O)(=O)C2CC2)NC(=O)[C@@H]2C[C@@H](OC(=O)c3ccccc3)CN2C1=O. The molecule has 4 amide bonds. The summed E-state index contributed by atoms with van der Waals surface area (Å²) in [6, 6.07) is 5.77. The van der Waals surface area contributed by atoms with E-state index in [4.69, 9.17) is 14.2 Å². The summed E-state index contributed by atoms with van der Waals surface area (Å²) >= 11 is 0. The highest BCUT2D eigenvalue weighted by Gasteiger charge is 2.62. The van der Waals surface area contributed by atoms with Crippen molar-refractivity contribution in [3.8, 4) is 0 Å². The molecule has 0 bridgehead atoms. The number of nitrogens with zero attached hydrogens (tertiary/aromatic N) is 1. The lowest BCUT2D eigenvalue weighted by Crippen LogP contribution is -2.59. The van der Waals surface area contributed by atoms with Crippen molar-refractivity contribution in [3.05, 3.63) is 48.0 Å². The van der Waals surface area contributed by atoms with Gasteiger partial charge in [0.05, 0.1) is 24.0 Å². The molecule has 47 heavy (non-hydrogen) atoms. The van der Waals surface area contributed by atoms with Crippen molar-refractivity contribution in [2.24, 2.45) is 5.92 Å². The van der Waals surface area contributed by atoms with Gasteiger partial charge in [-0.25, -0.2) is 18.0 Å². The molecule has 15 heteroatoms. The van der Waals surface area contributed by atoms with Gasteiger partial charge in [0.2, 0.25) is 21.8 Å². The van der Waals surface area contributed by atoms with Crippen LogP contribution in [0.3, 0.4) is 0 Å². The molecule has 3 fully saturated rings. The zero-order valence-corrected chi connectivity index (χ0v) is 27.5. The fourth-order valence-electron chi connectivity index (χ4n) is 5.73. The Labute approximate surface area is 274 Å². The van der Waals surface area contributed by atoms with Crippen molar-refractivity contribution in [2.75, 3.05) is 19.8 Å². The van der Waals surface area contributed by atoms with Gasteiger partial charge in [-0.05, 0) is 65.0 Å². The Bertz CT molecular complexity index is 1520. The Balaban J connectivity index is 1.42. The molecule has 256 valence electrons. The quantitative estimate of drug-likeness (QED) is 0.295. The number of allylic oxidation sites excluding steroid dienone is 1. The molecule has 2 aliphatic carbocycles. The Morgan fingerprint density at radius 1 is 1.11 bits per heavy atom. The van der Waals surface area contributed by atoms with E-state index in [1.165, 1.54) is 4.90 Å². The summed E-state index contributed by atoms with van der Waals surface area (Å²) in [6.07, 6.45) is 3.93. The molecule has 1 saturated heterocycles. The number of hydrogen-bond acceptors (Lipinski definition) is 10. The number of hydrogen-bond donors (Lipinski definition) is 3. The number of fused-ring (bicyclic) bond motifs is 2. The lowest BCUT2D eigenvalue weighted by molar-refractivity contribution is -0.142. The molecule has 0 radical (unpaired) electrons. The zero-order chi connectivity index (χ0) is 34.0. The normalized spacial score (nSPS) is 29.1. The first-order valence-electron chi connectivity index (χ1n) is 15.9. The standard InChI is InChI=1S/C32H42N4O10S/c1-31(2,3)46-30(41)33-24-19-44-15-9-5-8-12-21-17-32(21,29(40)35-47(42,43)23-13-14-23)34-26(37)25-16-22(18-36(25)27(24)38)45-28(39)20-10-6-4-7-11-20/h4,6-8,10-12,21-25H,5,9,13-19H2,1-3H3,(H,33,41)(H,34,37)(H,35,40)/b12-8-/t21-,22-,24+,25+,32-/m1/s1. The van der Waals surface area contributed by atoms with Crippen molar-refractivity contribution < 1.29 is 46.6 Å². The molecule has 0 aromatic heterocycles. The number of nitrogens with one attached hydrogen (secondary N) is 3. The van der Waals surface area contributed by atoms with E-state index in [1.54, 1.807) is 57.2 Å². The van der Waals surface area contributed by atoms with E-state index >= 15 is 0 Å². The molecule has 2 heterocycles. The van der Waals surface area contributed by atoms with Crippen LogP contribution in [0, 0.1) is 5.92 Å². The topological polar surface area (TPSA) is 187 Å². The van der Waals surface area contributed by atoms with Gasteiger partial charge in [-0.2, -0.15) is 0 Å². The summed E-state index contributed by atoms with van der Waals surface area (Å²) in [5.74, 6) is -3.37. The number of esters is 1. The Morgan fingerprint density at radius 2 is 1.83 bits per heavy atom. The first kappa shape index (κ1) is 34.4. The third kappa shape index (κ3) is 8.49. The van der Waals surface area contributed by atoms with Gasteiger partial charge in [0, 0.05) is 18.9 Å². The average molecular weight is 675 g/mol. The highest BCUT2D eigenvalue weighted by atomic mass is 32.2. The fourth-order valence-corrected chi connectivity index (χ4v) is 7.09. The third-order valence-corrected chi connectivity index (χ3v) is 10.2. The monoisotopic (exact) mass is 674 g/mol. The van der Waals surface area contributed by atoms with Crippen LogP contribution in [0.25, 0.3) is 0 Å². The maximum Gasteiger partial charge on any atom is 0.408 e. The lowest BCUT2D eigenvalue weighted by atomic mass is 10.1. The molecular weight excluding hydrogens is 632 g/mol. The summed E-state index contributed by atoms with van der Waals surface area (Å²) in [7, 11) is -3.90. The highest BCUT2D eigenvalue weighted by molar-refractivity contribution is 7.91. The maximum atomic E-state index is 14.1. The van der Waals surface area contributed by atoms with E-state index in [2.05, 4.69) is 15.4 Å². The van der Waals surface area contributed by atoms with Crippen LogP contribution in [-0.2, 0) is 38.6 Å². The minimum Gasteiger partial charge on any atom is -0.457 e. The van der Waals surface area contributed by atoms with Gasteiger partial charge in [-0.1, -0.05) is 30.4 Å². The molecule has 1 aromatic carbocycles. The second-order valence-electron chi connectivity index (χ2n) is 13.4. The first-order chi connectivity index (χ1) is 22.2. The van der Waals surface area contributed by atoms with Gasteiger partial charge in [0.25, 0.3) is 5.91 Å². The van der Waals surface area contributed by atoms with E-state index in [0.29, 0.717) is 25.7 Å². The van der Waals surface area contributed by atoms with Gasteiger partial charge in [-0.15, -0.1) is 0 Å². The highest BCUT2D eigenvalue weighted by Crippen LogP contribution is 2.46. The molecule has 14 nitrogen and oxygen atoms in total. The predicted molar refractivity (Wildman–Crippen MR) is 167 cm³/mol. The van der Waals surface area contributed by atoms with Crippen molar-refractivity contribution in [3.63, 3.8) is 0 Å². The smallest absolute Gasteiger partial charge is 0.408 e. The summed E-state index contributed by atoms with van der Waals surface area (Å²) in [4.78, 5) is 68.4. The van der Waals surface area contributed by atoms with Crippen LogP contribution in [0.5, 0.6) is 0 Å². The number of benzene rings is 1. The molecule has 2 aliphatic heterocycles. The third-order valence-electron chi connectivity index (χ3n) is 8.40. The van der Waals surface area contributed by atoms with Crippen LogP contribution in [0.2, 0.25) is 0 Å². The summed E-state index contributed by atoms with van der Waals surface area (Å²) in [6.45, 7) is 4.88. The molecular formula is C32H42N4O10S. The summed E-state index contributed by atoms with van der Waals surface area (Å²) in [5, 5.41) is 4.66. The number of alkyl carbamates (subject to hydrolysis) is 1. The first-order valence-corrected chi connectivity index (χ1v) is 17.4. The second kappa shape index (κ2) is 13.6. The van der Waals surface area contributed by atoms with Crippen LogP contribution < -0.4 is 15.4 Å². The van der Waals surface area contributed by atoms with Gasteiger partial charge in [0.1, 0.15) is 29.3 Å². The van der Waals surface area contributed by atoms with Crippen LogP contribution in [0.4, 0.5) is 4.79 Å².